The van der Waals surface area contributed by atoms with Gasteiger partial charge in [0, 0.05) is 31.3 Å². The molecule has 16 heteroatoms. The van der Waals surface area contributed by atoms with Crippen LogP contribution >= 0.6 is 0 Å². The number of nitrogens with one attached hydrogen (secondary N) is 1. The summed E-state index contributed by atoms with van der Waals surface area (Å²) in [7, 11) is -3.70. The van der Waals surface area contributed by atoms with E-state index in [1.165, 1.54) is 17.1 Å². The molecule has 12 nitrogen and oxygen atoms in total. The van der Waals surface area contributed by atoms with Gasteiger partial charge in [0.25, 0.3) is 0 Å². The summed E-state index contributed by atoms with van der Waals surface area (Å²) in [6.45, 7) is 1.92. The number of rotatable bonds is 10. The van der Waals surface area contributed by atoms with Crippen LogP contribution in [0.4, 0.5) is 13.2 Å². The molecule has 4 N–H and O–H groups in total. The molecule has 42 heavy (non-hydrogen) atoms. The Bertz CT molecular complexity index is 1580. The van der Waals surface area contributed by atoms with E-state index in [0.717, 1.165) is 19.2 Å². The maximum atomic E-state index is 14.3. The van der Waals surface area contributed by atoms with E-state index in [0.29, 0.717) is 12.6 Å². The van der Waals surface area contributed by atoms with Crippen molar-refractivity contribution in [3.8, 4) is 17.2 Å². The van der Waals surface area contributed by atoms with Gasteiger partial charge in [0.2, 0.25) is 11.8 Å². The maximum absolute atomic E-state index is 14.3. The predicted molar refractivity (Wildman–Crippen MR) is 138 cm³/mol. The van der Waals surface area contributed by atoms with E-state index in [1.54, 1.807) is 13.0 Å². The zero-order valence-electron chi connectivity index (χ0n) is 22.5. The lowest BCUT2D eigenvalue weighted by molar-refractivity contribution is -0.159. The molecule has 2 aliphatic rings. The number of aliphatic carboxylic acids is 1. The number of carbonyl (C=O) groups is 3. The summed E-state index contributed by atoms with van der Waals surface area (Å²) in [5.41, 5.74) is 0.188. The molecule has 0 bridgehead atoms. The van der Waals surface area contributed by atoms with Crippen molar-refractivity contribution in [1.82, 2.24) is 15.1 Å². The number of ether oxygens (including phenoxy) is 1. The number of methoxy groups -OCH3 is 1. The molecule has 226 valence electrons. The molecule has 1 aromatic heterocycles. The topological polar surface area (TPSA) is 194 Å². The average molecular weight is 612 g/mol. The first-order chi connectivity index (χ1) is 19.6. The second-order valence-electron chi connectivity index (χ2n) is 10.5. The van der Waals surface area contributed by atoms with Gasteiger partial charge in [-0.3, -0.25) is 19.1 Å². The third kappa shape index (κ3) is 5.00. The Labute approximate surface area is 238 Å². The lowest BCUT2D eigenvalue weighted by Gasteiger charge is -2.31. The van der Waals surface area contributed by atoms with Gasteiger partial charge in [0.05, 0.1) is 34.1 Å². The minimum Gasteiger partial charge on any atom is -0.481 e. The number of nitrogens with zero attached hydrogens (tertiary/aromatic N) is 3. The minimum atomic E-state index is -5.11. The monoisotopic (exact) mass is 611 g/mol. The standard InChI is InChI=1S/C26H28F3N5O7S/c1-3-32-21(35)12-34-11-15(10-33-34)14-4-5-18(17(6-14)26(27,28)29)42(39,40)16-7-20(41-2)25(8-16,23(37)38)19-9-24(19,13-30)22(31)36/h4-6,10-11,16,19-20H,3,7-9,12H2,1-2H3,(H2,31,36)(H,32,35)(H,37,38)/t16-,19?,20+,24?,25+/m0/s1. The SMILES string of the molecule is CCNC(=O)Cn1cc(-c2ccc(S(=O)(=O)[C@H]3C[C@@H](OC)[C@](C(=O)O)(C4CC4(C#N)C(N)=O)C3)c(C(F)(F)F)c2)cn1. The molecule has 2 fully saturated rings. The first-order valence-corrected chi connectivity index (χ1v) is 14.3. The van der Waals surface area contributed by atoms with Crippen molar-refractivity contribution in [3.63, 3.8) is 0 Å². The number of halogens is 3. The average Bonchev–Trinajstić information content (AvgIpc) is 3.28. The Balaban J connectivity index is 1.73. The number of likely N-dealkylation sites (N-methyl/N-ethyl adjacent to an activating group) is 1. The van der Waals surface area contributed by atoms with Gasteiger partial charge < -0.3 is 20.9 Å². The number of aromatic nitrogens is 2. The van der Waals surface area contributed by atoms with Crippen molar-refractivity contribution in [2.24, 2.45) is 22.5 Å². The van der Waals surface area contributed by atoms with E-state index in [2.05, 4.69) is 10.4 Å². The molecule has 2 unspecified atom stereocenters. The predicted octanol–water partition coefficient (Wildman–Crippen LogP) is 1.74. The molecule has 2 amide bonds. The summed E-state index contributed by atoms with van der Waals surface area (Å²) < 4.78 is 76.9. The Hall–Kier alpha value is -3.97. The van der Waals surface area contributed by atoms with Gasteiger partial charge in [-0.2, -0.15) is 23.5 Å². The van der Waals surface area contributed by atoms with Gasteiger partial charge >= 0.3 is 12.1 Å². The van der Waals surface area contributed by atoms with Crippen molar-refractivity contribution in [2.75, 3.05) is 13.7 Å². The molecular weight excluding hydrogens is 583 g/mol. The highest BCUT2D eigenvalue weighted by Crippen LogP contribution is 2.66. The number of carboxylic acid groups (broad SMARTS) is 1. The van der Waals surface area contributed by atoms with Gasteiger partial charge in [-0.1, -0.05) is 6.07 Å². The molecule has 2 saturated carbocycles. The lowest BCUT2D eigenvalue weighted by Crippen LogP contribution is -2.44. The second-order valence-corrected chi connectivity index (χ2v) is 12.7. The van der Waals surface area contributed by atoms with Crippen LogP contribution < -0.4 is 11.1 Å². The van der Waals surface area contributed by atoms with E-state index < -0.39 is 79.3 Å². The molecule has 4 rings (SSSR count). The third-order valence-electron chi connectivity index (χ3n) is 8.20. The molecule has 0 saturated heterocycles. The zero-order chi connectivity index (χ0) is 31.3. The van der Waals surface area contributed by atoms with Crippen LogP contribution in [0.2, 0.25) is 0 Å². The Morgan fingerprint density at radius 3 is 2.50 bits per heavy atom. The minimum absolute atomic E-state index is 0.0114. The molecule has 1 heterocycles. The van der Waals surface area contributed by atoms with Crippen molar-refractivity contribution >= 4 is 27.6 Å². The fourth-order valence-electron chi connectivity index (χ4n) is 6.02. The first-order valence-electron chi connectivity index (χ1n) is 12.8. The number of hydrogen-bond donors (Lipinski definition) is 3. The molecule has 2 aliphatic carbocycles. The van der Waals surface area contributed by atoms with Crippen LogP contribution in [0.25, 0.3) is 11.1 Å². The van der Waals surface area contributed by atoms with Crippen molar-refractivity contribution in [2.45, 2.75) is 55.2 Å². The molecule has 2 aromatic rings. The third-order valence-corrected chi connectivity index (χ3v) is 10.4. The number of hydrogen-bond acceptors (Lipinski definition) is 8. The fourth-order valence-corrected chi connectivity index (χ4v) is 8.04. The van der Waals surface area contributed by atoms with Gasteiger partial charge in [-0.05, 0) is 43.9 Å². The van der Waals surface area contributed by atoms with Gasteiger partial charge in [0.15, 0.2) is 9.84 Å². The lowest BCUT2D eigenvalue weighted by atomic mass is 9.75. The quantitative estimate of drug-likeness (QED) is 0.359. The number of carboxylic acids is 1. The summed E-state index contributed by atoms with van der Waals surface area (Å²) in [4.78, 5) is 35.4. The highest BCUT2D eigenvalue weighted by atomic mass is 32.2. The van der Waals surface area contributed by atoms with Crippen molar-refractivity contribution in [1.29, 1.82) is 5.26 Å². The molecule has 0 radical (unpaired) electrons. The van der Waals surface area contributed by atoms with E-state index in [4.69, 9.17) is 10.5 Å². The fraction of sp³-hybridized carbons (Fsp3) is 0.500. The summed E-state index contributed by atoms with van der Waals surface area (Å²) in [6, 6.07) is 4.36. The molecule has 0 aliphatic heterocycles. The normalized spacial score (nSPS) is 27.3. The van der Waals surface area contributed by atoms with E-state index >= 15 is 0 Å². The number of alkyl halides is 3. The highest BCUT2D eigenvalue weighted by Gasteiger charge is 2.75. The van der Waals surface area contributed by atoms with E-state index in [1.807, 2.05) is 0 Å². The largest absolute Gasteiger partial charge is 0.481 e. The Morgan fingerprint density at radius 2 is 1.98 bits per heavy atom. The summed E-state index contributed by atoms with van der Waals surface area (Å²) in [5.74, 6) is -4.15. The van der Waals surface area contributed by atoms with Crippen LogP contribution in [-0.4, -0.2) is 66.1 Å². The molecular formula is C26H28F3N5O7S. The second kappa shape index (κ2) is 10.7. The number of nitriles is 1. The Kier molecular flexibility index (Phi) is 7.89. The number of primary amides is 1. The number of sulfone groups is 1. The molecule has 0 spiro atoms. The van der Waals surface area contributed by atoms with Crippen LogP contribution in [0.1, 0.15) is 31.7 Å². The van der Waals surface area contributed by atoms with E-state index in [-0.39, 0.29) is 30.0 Å². The van der Waals surface area contributed by atoms with Crippen molar-refractivity contribution in [3.05, 3.63) is 36.2 Å². The number of nitrogens with two attached hydrogens (primary N) is 1. The smallest absolute Gasteiger partial charge is 0.417 e. The summed E-state index contributed by atoms with van der Waals surface area (Å²) >= 11 is 0. The van der Waals surface area contributed by atoms with Crippen LogP contribution in [0.3, 0.4) is 0 Å². The highest BCUT2D eigenvalue weighted by molar-refractivity contribution is 7.92. The van der Waals surface area contributed by atoms with Gasteiger partial charge in [0.1, 0.15) is 17.4 Å². The van der Waals surface area contributed by atoms with Crippen LogP contribution in [0.5, 0.6) is 0 Å². The van der Waals surface area contributed by atoms with Crippen molar-refractivity contribution < 1.29 is 45.8 Å². The zero-order valence-corrected chi connectivity index (χ0v) is 23.3. The van der Waals surface area contributed by atoms with Gasteiger partial charge in [-0.15, -0.1) is 0 Å². The molecule has 5 atom stereocenters. The van der Waals surface area contributed by atoms with Crippen LogP contribution in [-0.2, 0) is 41.7 Å². The Morgan fingerprint density at radius 1 is 1.29 bits per heavy atom. The van der Waals surface area contributed by atoms with E-state index in [9.17, 15) is 46.3 Å². The maximum Gasteiger partial charge on any atom is 0.417 e. The van der Waals surface area contributed by atoms with Crippen LogP contribution in [0.15, 0.2) is 35.5 Å². The van der Waals surface area contributed by atoms with Gasteiger partial charge in [-0.25, -0.2) is 8.42 Å². The number of carbonyl (C=O) groups excluding carboxylic acids is 2. The summed E-state index contributed by atoms with van der Waals surface area (Å²) in [6.07, 6.45) is -5.26. The number of amides is 2. The van der Waals surface area contributed by atoms with Crippen LogP contribution in [0, 0.1) is 28.1 Å². The number of benzene rings is 1. The summed E-state index contributed by atoms with van der Waals surface area (Å²) in [5, 5.41) is 24.7. The molecule has 1 aromatic carbocycles. The first kappa shape index (κ1) is 31.0.